The van der Waals surface area contributed by atoms with E-state index < -0.39 is 5.76 Å². The first-order valence-corrected chi connectivity index (χ1v) is 8.43. The lowest BCUT2D eigenvalue weighted by Gasteiger charge is -2.26. The molecule has 1 aromatic carbocycles. The van der Waals surface area contributed by atoms with E-state index in [2.05, 4.69) is 5.32 Å². The molecule has 3 rings (SSSR count). The maximum Gasteiger partial charge on any atom is 0.288 e. The Bertz CT molecular complexity index is 675. The van der Waals surface area contributed by atoms with Crippen LogP contribution in [0.2, 0.25) is 0 Å². The zero-order chi connectivity index (χ0) is 15.5. The molecule has 1 amide bonds. The summed E-state index contributed by atoms with van der Waals surface area (Å²) in [4.78, 5) is 12.9. The predicted molar refractivity (Wildman–Crippen MR) is 83.1 cm³/mol. The van der Waals surface area contributed by atoms with Crippen molar-refractivity contribution in [2.24, 2.45) is 0 Å². The van der Waals surface area contributed by atoms with Gasteiger partial charge in [-0.15, -0.1) is 11.3 Å². The van der Waals surface area contributed by atoms with E-state index in [4.69, 9.17) is 4.74 Å². The van der Waals surface area contributed by atoms with E-state index in [-0.39, 0.29) is 11.9 Å². The fourth-order valence-electron chi connectivity index (χ4n) is 2.32. The molecule has 1 aromatic heterocycles. The molecule has 0 radical (unpaired) electrons. The molecule has 0 spiro atoms. The molecular formula is C15H13F2NO2S2. The van der Waals surface area contributed by atoms with Crippen molar-refractivity contribution in [1.29, 1.82) is 0 Å². The second-order valence-electron chi connectivity index (χ2n) is 4.79. The Morgan fingerprint density at radius 3 is 3.00 bits per heavy atom. The summed E-state index contributed by atoms with van der Waals surface area (Å²) in [5.74, 6) is -2.03. The van der Waals surface area contributed by atoms with Gasteiger partial charge in [0, 0.05) is 4.90 Å². The summed E-state index contributed by atoms with van der Waals surface area (Å²) in [6.45, 7) is 0.380. The SMILES string of the molecule is O=C(NC1COc2ccccc2C1)c1sccc1SC(F)F. The lowest BCUT2D eigenvalue weighted by atomic mass is 10.0. The number of halogens is 2. The lowest BCUT2D eigenvalue weighted by molar-refractivity contribution is 0.0917. The summed E-state index contributed by atoms with van der Waals surface area (Å²) in [6, 6.07) is 9.05. The number of thioether (sulfide) groups is 1. The molecule has 0 bridgehead atoms. The minimum absolute atomic E-state index is 0.158. The van der Waals surface area contributed by atoms with Gasteiger partial charge in [-0.1, -0.05) is 30.0 Å². The predicted octanol–water partition coefficient (Wildman–Crippen LogP) is 3.80. The first kappa shape index (κ1) is 15.3. The van der Waals surface area contributed by atoms with E-state index in [1.807, 2.05) is 24.3 Å². The topological polar surface area (TPSA) is 38.3 Å². The normalized spacial score (nSPS) is 17.0. The first-order chi connectivity index (χ1) is 10.6. The molecule has 0 saturated carbocycles. The van der Waals surface area contributed by atoms with Crippen molar-refractivity contribution < 1.29 is 18.3 Å². The smallest absolute Gasteiger partial charge is 0.288 e. The third-order valence-corrected chi connectivity index (χ3v) is 5.08. The van der Waals surface area contributed by atoms with Gasteiger partial charge in [-0.25, -0.2) is 0 Å². The Morgan fingerprint density at radius 1 is 1.36 bits per heavy atom. The van der Waals surface area contributed by atoms with Crippen LogP contribution in [0.1, 0.15) is 15.2 Å². The molecule has 1 unspecified atom stereocenters. The number of ether oxygens (including phenoxy) is 1. The van der Waals surface area contributed by atoms with Crippen LogP contribution in [0, 0.1) is 0 Å². The number of carbonyl (C=O) groups excluding carboxylic acids is 1. The number of para-hydroxylation sites is 1. The Hall–Kier alpha value is -1.60. The van der Waals surface area contributed by atoms with Gasteiger partial charge in [0.1, 0.15) is 17.2 Å². The molecular weight excluding hydrogens is 328 g/mol. The highest BCUT2D eigenvalue weighted by Crippen LogP contribution is 2.32. The van der Waals surface area contributed by atoms with Crippen molar-refractivity contribution >= 4 is 29.0 Å². The zero-order valence-electron chi connectivity index (χ0n) is 11.4. The van der Waals surface area contributed by atoms with E-state index in [1.54, 1.807) is 11.4 Å². The van der Waals surface area contributed by atoms with Crippen LogP contribution in [0.5, 0.6) is 5.75 Å². The number of thiophene rings is 1. The van der Waals surface area contributed by atoms with Gasteiger partial charge in [0.25, 0.3) is 11.7 Å². The molecule has 0 fully saturated rings. The van der Waals surface area contributed by atoms with Crippen LogP contribution in [0.15, 0.2) is 40.6 Å². The zero-order valence-corrected chi connectivity index (χ0v) is 13.1. The summed E-state index contributed by atoms with van der Waals surface area (Å²) in [7, 11) is 0. The third kappa shape index (κ3) is 3.41. The number of benzene rings is 1. The van der Waals surface area contributed by atoms with Crippen molar-refractivity contribution in [2.75, 3.05) is 6.61 Å². The van der Waals surface area contributed by atoms with Crippen LogP contribution in [0.4, 0.5) is 8.78 Å². The largest absolute Gasteiger partial charge is 0.491 e. The van der Waals surface area contributed by atoms with E-state index >= 15 is 0 Å². The van der Waals surface area contributed by atoms with Crippen LogP contribution in [0.25, 0.3) is 0 Å². The van der Waals surface area contributed by atoms with Gasteiger partial charge < -0.3 is 10.1 Å². The van der Waals surface area contributed by atoms with Gasteiger partial charge in [0.2, 0.25) is 0 Å². The van der Waals surface area contributed by atoms with Gasteiger partial charge in [-0.05, 0) is 29.5 Å². The van der Waals surface area contributed by atoms with E-state index in [0.29, 0.717) is 34.6 Å². The number of carbonyl (C=O) groups is 1. The molecule has 2 heterocycles. The summed E-state index contributed by atoms with van der Waals surface area (Å²) >= 11 is 1.56. The summed E-state index contributed by atoms with van der Waals surface area (Å²) < 4.78 is 30.6. The summed E-state index contributed by atoms with van der Waals surface area (Å²) in [5.41, 5.74) is 1.03. The van der Waals surface area contributed by atoms with Crippen molar-refractivity contribution in [2.45, 2.75) is 23.1 Å². The minimum atomic E-state index is -2.54. The molecule has 2 aromatic rings. The van der Waals surface area contributed by atoms with Crippen molar-refractivity contribution in [3.8, 4) is 5.75 Å². The van der Waals surface area contributed by atoms with Gasteiger partial charge in [0.05, 0.1) is 6.04 Å². The maximum atomic E-state index is 12.5. The molecule has 7 heteroatoms. The molecule has 3 nitrogen and oxygen atoms in total. The Balaban J connectivity index is 1.67. The van der Waals surface area contributed by atoms with Gasteiger partial charge in [-0.3, -0.25) is 4.79 Å². The first-order valence-electron chi connectivity index (χ1n) is 6.67. The molecule has 0 aliphatic carbocycles. The Kier molecular flexibility index (Phi) is 4.63. The number of rotatable bonds is 4. The highest BCUT2D eigenvalue weighted by Gasteiger charge is 2.24. The number of amides is 1. The summed E-state index contributed by atoms with van der Waals surface area (Å²) in [5, 5.41) is 4.51. The molecule has 1 aliphatic heterocycles. The number of fused-ring (bicyclic) bond motifs is 1. The maximum absolute atomic E-state index is 12.5. The molecule has 0 saturated heterocycles. The molecule has 22 heavy (non-hydrogen) atoms. The van der Waals surface area contributed by atoms with Crippen LogP contribution < -0.4 is 10.1 Å². The van der Waals surface area contributed by atoms with Crippen molar-refractivity contribution in [3.63, 3.8) is 0 Å². The number of alkyl halides is 2. The number of hydrogen-bond acceptors (Lipinski definition) is 4. The fourth-order valence-corrected chi connectivity index (χ4v) is 3.93. The lowest BCUT2D eigenvalue weighted by Crippen LogP contribution is -2.42. The monoisotopic (exact) mass is 341 g/mol. The van der Waals surface area contributed by atoms with Crippen LogP contribution >= 0.6 is 23.1 Å². The van der Waals surface area contributed by atoms with Gasteiger partial charge in [0.15, 0.2) is 0 Å². The molecule has 116 valence electrons. The van der Waals surface area contributed by atoms with Crippen LogP contribution in [-0.2, 0) is 6.42 Å². The quantitative estimate of drug-likeness (QED) is 0.860. The minimum Gasteiger partial charge on any atom is -0.491 e. The Morgan fingerprint density at radius 2 is 2.18 bits per heavy atom. The number of hydrogen-bond donors (Lipinski definition) is 1. The molecule has 1 N–H and O–H groups in total. The molecule has 1 atom stereocenters. The highest BCUT2D eigenvalue weighted by atomic mass is 32.2. The molecule has 1 aliphatic rings. The van der Waals surface area contributed by atoms with Crippen LogP contribution in [-0.4, -0.2) is 24.3 Å². The van der Waals surface area contributed by atoms with Gasteiger partial charge >= 0.3 is 0 Å². The average Bonchev–Trinajstić information content (AvgIpc) is 2.94. The average molecular weight is 341 g/mol. The third-order valence-electron chi connectivity index (χ3n) is 3.27. The van der Waals surface area contributed by atoms with Crippen LogP contribution in [0.3, 0.4) is 0 Å². The van der Waals surface area contributed by atoms with E-state index in [0.717, 1.165) is 11.3 Å². The fraction of sp³-hybridized carbons (Fsp3) is 0.267. The Labute approximate surface area is 134 Å². The van der Waals surface area contributed by atoms with E-state index in [9.17, 15) is 13.6 Å². The second-order valence-corrected chi connectivity index (χ2v) is 6.73. The standard InChI is InChI=1S/C15H13F2NO2S2/c16-15(17)22-12-5-6-21-13(12)14(19)18-10-7-9-3-1-2-4-11(9)20-8-10/h1-6,10,15H,7-8H2,(H,18,19). The van der Waals surface area contributed by atoms with Gasteiger partial charge in [-0.2, -0.15) is 8.78 Å². The second kappa shape index (κ2) is 6.66. The number of nitrogens with one attached hydrogen (secondary N) is 1. The summed E-state index contributed by atoms with van der Waals surface area (Å²) in [6.07, 6.45) is 0.671. The highest BCUT2D eigenvalue weighted by molar-refractivity contribution is 7.99. The van der Waals surface area contributed by atoms with Crippen molar-refractivity contribution in [3.05, 3.63) is 46.2 Å². The van der Waals surface area contributed by atoms with Crippen molar-refractivity contribution in [1.82, 2.24) is 5.32 Å². The van der Waals surface area contributed by atoms with E-state index in [1.165, 1.54) is 11.3 Å².